The highest BCUT2D eigenvalue weighted by Gasteiger charge is 2.14. The molecule has 0 spiro atoms. The summed E-state index contributed by atoms with van der Waals surface area (Å²) < 4.78 is 5.07. The van der Waals surface area contributed by atoms with Crippen LogP contribution in [0.1, 0.15) is 12.5 Å². The highest BCUT2D eigenvalue weighted by molar-refractivity contribution is 5.94. The van der Waals surface area contributed by atoms with Crippen molar-refractivity contribution in [2.24, 2.45) is 0 Å². The number of nitrogens with one attached hydrogen (secondary N) is 2. The van der Waals surface area contributed by atoms with Gasteiger partial charge in [-0.05, 0) is 42.0 Å². The molecule has 0 unspecified atom stereocenters. The Morgan fingerprint density at radius 2 is 1.48 bits per heavy atom. The number of hydrogen-bond donors (Lipinski definition) is 2. The van der Waals surface area contributed by atoms with Gasteiger partial charge in [0.1, 0.15) is 5.75 Å². The van der Waals surface area contributed by atoms with Crippen molar-refractivity contribution in [3.05, 3.63) is 54.1 Å². The topological polar surface area (TPSA) is 87.7 Å². The molecular formula is C20H23N3O4. The minimum Gasteiger partial charge on any atom is -0.497 e. The lowest BCUT2D eigenvalue weighted by molar-refractivity contribution is -0.132. The van der Waals surface area contributed by atoms with Crippen LogP contribution in [0.2, 0.25) is 0 Å². The number of rotatable bonds is 7. The molecule has 0 saturated carbocycles. The lowest BCUT2D eigenvalue weighted by atomic mass is 10.1. The Morgan fingerprint density at radius 3 is 2.04 bits per heavy atom. The van der Waals surface area contributed by atoms with Gasteiger partial charge in [-0.15, -0.1) is 0 Å². The summed E-state index contributed by atoms with van der Waals surface area (Å²) in [6.45, 7) is 1.39. The van der Waals surface area contributed by atoms with Gasteiger partial charge in [0.2, 0.25) is 17.7 Å². The number of benzene rings is 2. The van der Waals surface area contributed by atoms with Crippen LogP contribution in [0.5, 0.6) is 5.75 Å². The maximum absolute atomic E-state index is 12.3. The van der Waals surface area contributed by atoms with E-state index in [9.17, 15) is 14.4 Å². The normalized spacial score (nSPS) is 10.0. The predicted octanol–water partition coefficient (Wildman–Crippen LogP) is 2.29. The van der Waals surface area contributed by atoms with Gasteiger partial charge in [-0.25, -0.2) is 0 Å². The van der Waals surface area contributed by atoms with Crippen LogP contribution in [0.4, 0.5) is 11.4 Å². The summed E-state index contributed by atoms with van der Waals surface area (Å²) in [6, 6.07) is 14.0. The van der Waals surface area contributed by atoms with Gasteiger partial charge in [0.05, 0.1) is 20.1 Å². The van der Waals surface area contributed by atoms with Gasteiger partial charge in [0.15, 0.2) is 0 Å². The van der Waals surface area contributed by atoms with Crippen molar-refractivity contribution in [3.8, 4) is 5.75 Å². The van der Waals surface area contributed by atoms with Crippen molar-refractivity contribution >= 4 is 29.1 Å². The third-order valence-electron chi connectivity index (χ3n) is 3.81. The molecule has 0 heterocycles. The second-order valence-corrected chi connectivity index (χ2v) is 6.08. The zero-order valence-electron chi connectivity index (χ0n) is 15.6. The van der Waals surface area contributed by atoms with E-state index in [2.05, 4.69) is 10.6 Å². The molecule has 0 aliphatic heterocycles. The first-order valence-electron chi connectivity index (χ1n) is 8.42. The van der Waals surface area contributed by atoms with Crippen LogP contribution in [-0.4, -0.2) is 43.3 Å². The highest BCUT2D eigenvalue weighted by Crippen LogP contribution is 2.15. The molecule has 0 aromatic heterocycles. The third-order valence-corrected chi connectivity index (χ3v) is 3.81. The largest absolute Gasteiger partial charge is 0.497 e. The number of carbonyl (C=O) groups is 3. The molecule has 0 bridgehead atoms. The number of nitrogens with zero attached hydrogens (tertiary/aromatic N) is 1. The quantitative estimate of drug-likeness (QED) is 0.784. The molecule has 2 aromatic carbocycles. The number of anilines is 2. The van der Waals surface area contributed by atoms with Crippen LogP contribution < -0.4 is 15.4 Å². The van der Waals surface area contributed by atoms with Crippen molar-refractivity contribution in [2.75, 3.05) is 31.3 Å². The molecule has 0 aliphatic carbocycles. The molecule has 142 valence electrons. The van der Waals surface area contributed by atoms with Gasteiger partial charge in [0.25, 0.3) is 0 Å². The summed E-state index contributed by atoms with van der Waals surface area (Å²) in [6.07, 6.45) is 0.173. The van der Waals surface area contributed by atoms with Crippen molar-refractivity contribution in [2.45, 2.75) is 13.3 Å². The molecule has 2 rings (SSSR count). The molecule has 3 amide bonds. The number of amides is 3. The predicted molar refractivity (Wildman–Crippen MR) is 104 cm³/mol. The second-order valence-electron chi connectivity index (χ2n) is 6.08. The van der Waals surface area contributed by atoms with E-state index in [-0.39, 0.29) is 30.7 Å². The zero-order chi connectivity index (χ0) is 19.8. The molecule has 0 fully saturated rings. The molecular weight excluding hydrogens is 346 g/mol. The second kappa shape index (κ2) is 9.38. The first-order chi connectivity index (χ1) is 12.9. The Balaban J connectivity index is 1.84. The summed E-state index contributed by atoms with van der Waals surface area (Å²) in [5.74, 6) is 0.0930. The fourth-order valence-electron chi connectivity index (χ4n) is 2.40. The van der Waals surface area contributed by atoms with Gasteiger partial charge >= 0.3 is 0 Å². The van der Waals surface area contributed by atoms with E-state index >= 15 is 0 Å². The molecule has 27 heavy (non-hydrogen) atoms. The van der Waals surface area contributed by atoms with Gasteiger partial charge in [-0.1, -0.05) is 12.1 Å². The fourth-order valence-corrected chi connectivity index (χ4v) is 2.40. The molecule has 7 nitrogen and oxygen atoms in total. The van der Waals surface area contributed by atoms with Crippen LogP contribution in [0.15, 0.2) is 48.5 Å². The first-order valence-corrected chi connectivity index (χ1v) is 8.42. The average molecular weight is 369 g/mol. The first kappa shape index (κ1) is 20.0. The summed E-state index contributed by atoms with van der Waals surface area (Å²) in [4.78, 5) is 36.8. The number of hydrogen-bond acceptors (Lipinski definition) is 4. The fraction of sp³-hybridized carbons (Fsp3) is 0.250. The van der Waals surface area contributed by atoms with Crippen molar-refractivity contribution < 1.29 is 19.1 Å². The van der Waals surface area contributed by atoms with Crippen molar-refractivity contribution in [3.63, 3.8) is 0 Å². The van der Waals surface area contributed by atoms with E-state index in [0.717, 1.165) is 5.56 Å². The molecule has 0 aliphatic rings. The SMILES string of the molecule is COc1ccc(NC(=O)CN(C)C(=O)Cc2ccc(NC(C)=O)cc2)cc1. The highest BCUT2D eigenvalue weighted by atomic mass is 16.5. The van der Waals surface area contributed by atoms with Gasteiger partial charge in [-0.3, -0.25) is 14.4 Å². The molecule has 7 heteroatoms. The van der Waals surface area contributed by atoms with E-state index in [4.69, 9.17) is 4.74 Å². The number of carbonyl (C=O) groups excluding carboxylic acids is 3. The van der Waals surface area contributed by atoms with E-state index < -0.39 is 0 Å². The summed E-state index contributed by atoms with van der Waals surface area (Å²) in [7, 11) is 3.16. The minimum atomic E-state index is -0.281. The number of ether oxygens (including phenoxy) is 1. The van der Waals surface area contributed by atoms with E-state index in [1.165, 1.54) is 11.8 Å². The van der Waals surface area contributed by atoms with Crippen LogP contribution >= 0.6 is 0 Å². The van der Waals surface area contributed by atoms with Crippen LogP contribution in [-0.2, 0) is 20.8 Å². The maximum atomic E-state index is 12.3. The van der Waals surface area contributed by atoms with Gasteiger partial charge in [-0.2, -0.15) is 0 Å². The maximum Gasteiger partial charge on any atom is 0.243 e. The summed E-state index contributed by atoms with van der Waals surface area (Å²) in [5.41, 5.74) is 2.11. The zero-order valence-corrected chi connectivity index (χ0v) is 15.6. The Kier molecular flexibility index (Phi) is 6.93. The van der Waals surface area contributed by atoms with E-state index in [0.29, 0.717) is 17.1 Å². The average Bonchev–Trinajstić information content (AvgIpc) is 2.63. The lowest BCUT2D eigenvalue weighted by Crippen LogP contribution is -2.35. The van der Waals surface area contributed by atoms with Crippen LogP contribution in [0.25, 0.3) is 0 Å². The Bertz CT molecular complexity index is 801. The molecule has 0 saturated heterocycles. The number of likely N-dealkylation sites (N-methyl/N-ethyl adjacent to an activating group) is 1. The smallest absolute Gasteiger partial charge is 0.243 e. The lowest BCUT2D eigenvalue weighted by Gasteiger charge is -2.17. The molecule has 0 atom stereocenters. The number of methoxy groups -OCH3 is 1. The Hall–Kier alpha value is -3.35. The third kappa shape index (κ3) is 6.47. The summed E-state index contributed by atoms with van der Waals surface area (Å²) >= 11 is 0. The van der Waals surface area contributed by atoms with E-state index in [1.807, 2.05) is 0 Å². The summed E-state index contributed by atoms with van der Waals surface area (Å²) in [5, 5.41) is 5.41. The monoisotopic (exact) mass is 369 g/mol. The van der Waals surface area contributed by atoms with Gasteiger partial charge < -0.3 is 20.3 Å². The van der Waals surface area contributed by atoms with Crippen molar-refractivity contribution in [1.82, 2.24) is 4.90 Å². The Labute approximate surface area is 158 Å². The minimum absolute atomic E-state index is 0.0468. The molecule has 2 aromatic rings. The van der Waals surface area contributed by atoms with Crippen LogP contribution in [0.3, 0.4) is 0 Å². The molecule has 2 N–H and O–H groups in total. The molecule has 0 radical (unpaired) electrons. The Morgan fingerprint density at radius 1 is 0.926 bits per heavy atom. The van der Waals surface area contributed by atoms with E-state index in [1.54, 1.807) is 62.7 Å². The van der Waals surface area contributed by atoms with Crippen molar-refractivity contribution in [1.29, 1.82) is 0 Å². The van der Waals surface area contributed by atoms with Crippen LogP contribution in [0, 0.1) is 0 Å². The van der Waals surface area contributed by atoms with Gasteiger partial charge in [0, 0.05) is 25.3 Å². The standard InChI is InChI=1S/C20H23N3O4/c1-14(24)21-16-6-4-15(5-7-16)12-20(26)23(2)13-19(25)22-17-8-10-18(27-3)11-9-17/h4-11H,12-13H2,1-3H3,(H,21,24)(H,22,25).